The number of nitriles is 2. The quantitative estimate of drug-likeness (QED) is 0.331. The van der Waals surface area contributed by atoms with Crippen LogP contribution < -0.4 is 10.1 Å². The van der Waals surface area contributed by atoms with E-state index in [0.717, 1.165) is 32.1 Å². The van der Waals surface area contributed by atoms with E-state index in [1.54, 1.807) is 19.9 Å². The number of benzene rings is 1. The standard InChI is InChI=1S/C22H24ClFN4O/c1-21(2,29-18-4-3-16(23)7-17(18)24)20(27-12-26)28-19-14-5-13-6-15(19)10-22(8-13,9-14)11-25/h3-4,7,13-15,19H,5-6,8-10H2,1-2H3,(H,27,28). The van der Waals surface area contributed by atoms with E-state index in [4.69, 9.17) is 21.3 Å². The highest BCUT2D eigenvalue weighted by Gasteiger charge is 2.56. The van der Waals surface area contributed by atoms with Gasteiger partial charge in [-0.05, 0) is 81.9 Å². The summed E-state index contributed by atoms with van der Waals surface area (Å²) in [6.07, 6.45) is 6.88. The highest BCUT2D eigenvalue weighted by Crippen LogP contribution is 2.60. The van der Waals surface area contributed by atoms with E-state index in [1.807, 2.05) is 6.19 Å². The molecule has 0 amide bonds. The lowest BCUT2D eigenvalue weighted by molar-refractivity contribution is -0.0354. The molecule has 5 rings (SSSR count). The third-order valence-electron chi connectivity index (χ3n) is 6.74. The van der Waals surface area contributed by atoms with Crippen molar-refractivity contribution in [3.05, 3.63) is 29.0 Å². The summed E-state index contributed by atoms with van der Waals surface area (Å²) in [4.78, 5) is 4.95. The Morgan fingerprint density at radius 1 is 1.28 bits per heavy atom. The van der Waals surface area contributed by atoms with Crippen LogP contribution in [0.2, 0.25) is 5.02 Å². The third kappa shape index (κ3) is 3.67. The summed E-state index contributed by atoms with van der Waals surface area (Å²) >= 11 is 5.82. The van der Waals surface area contributed by atoms with Crippen LogP contribution in [0.3, 0.4) is 0 Å². The van der Waals surface area contributed by atoms with E-state index >= 15 is 0 Å². The number of hydrogen-bond acceptors (Lipinski definition) is 4. The molecular formula is C22H24ClFN4O. The lowest BCUT2D eigenvalue weighted by Gasteiger charge is -2.56. The molecule has 0 saturated heterocycles. The van der Waals surface area contributed by atoms with Gasteiger partial charge in [-0.3, -0.25) is 10.3 Å². The van der Waals surface area contributed by atoms with Gasteiger partial charge in [0, 0.05) is 5.02 Å². The molecule has 2 atom stereocenters. The van der Waals surface area contributed by atoms with Crippen molar-refractivity contribution in [1.29, 1.82) is 10.5 Å². The first-order valence-corrected chi connectivity index (χ1v) is 10.4. The fourth-order valence-electron chi connectivity index (χ4n) is 5.77. The first-order chi connectivity index (χ1) is 13.7. The van der Waals surface area contributed by atoms with Gasteiger partial charge in [0.15, 0.2) is 29.2 Å². The predicted molar refractivity (Wildman–Crippen MR) is 108 cm³/mol. The summed E-state index contributed by atoms with van der Waals surface area (Å²) < 4.78 is 20.1. The lowest BCUT2D eigenvalue weighted by atomic mass is 9.48. The van der Waals surface area contributed by atoms with Gasteiger partial charge in [0.2, 0.25) is 0 Å². The molecule has 4 aliphatic carbocycles. The topological polar surface area (TPSA) is 81.2 Å². The first-order valence-electron chi connectivity index (χ1n) is 10.0. The molecule has 2 unspecified atom stereocenters. The zero-order valence-corrected chi connectivity index (χ0v) is 17.3. The van der Waals surface area contributed by atoms with Gasteiger partial charge in [-0.1, -0.05) is 11.6 Å². The van der Waals surface area contributed by atoms with Crippen molar-refractivity contribution in [3.63, 3.8) is 0 Å². The van der Waals surface area contributed by atoms with Gasteiger partial charge in [-0.2, -0.15) is 10.5 Å². The van der Waals surface area contributed by atoms with Crippen LogP contribution in [0.4, 0.5) is 4.39 Å². The van der Waals surface area contributed by atoms with Gasteiger partial charge in [-0.25, -0.2) is 4.39 Å². The summed E-state index contributed by atoms with van der Waals surface area (Å²) in [6.45, 7) is 3.52. The number of nitrogens with one attached hydrogen (secondary N) is 1. The molecule has 4 fully saturated rings. The number of ether oxygens (including phenoxy) is 1. The number of amidine groups is 1. The molecule has 29 heavy (non-hydrogen) atoms. The van der Waals surface area contributed by atoms with Crippen LogP contribution in [0.15, 0.2) is 23.2 Å². The molecule has 1 N–H and O–H groups in total. The predicted octanol–water partition coefficient (Wildman–Crippen LogP) is 4.82. The summed E-state index contributed by atoms with van der Waals surface area (Å²) in [5.74, 6) is 1.18. The molecule has 4 aliphatic rings. The van der Waals surface area contributed by atoms with E-state index < -0.39 is 11.4 Å². The average Bonchev–Trinajstić information content (AvgIpc) is 2.65. The van der Waals surface area contributed by atoms with E-state index in [-0.39, 0.29) is 22.2 Å². The van der Waals surface area contributed by atoms with Gasteiger partial charge < -0.3 is 4.74 Å². The van der Waals surface area contributed by atoms with Gasteiger partial charge >= 0.3 is 0 Å². The van der Waals surface area contributed by atoms with E-state index in [9.17, 15) is 14.9 Å². The van der Waals surface area contributed by atoms with Crippen molar-refractivity contribution in [3.8, 4) is 18.0 Å². The highest BCUT2D eigenvalue weighted by atomic mass is 35.5. The Bertz CT molecular complexity index is 916. The molecular weight excluding hydrogens is 391 g/mol. The average molecular weight is 415 g/mol. The summed E-state index contributed by atoms with van der Waals surface area (Å²) in [6, 6.07) is 6.88. The van der Waals surface area contributed by atoms with Gasteiger partial charge in [0.1, 0.15) is 0 Å². The molecule has 152 valence electrons. The smallest absolute Gasteiger partial charge is 0.182 e. The Hall–Kier alpha value is -2.31. The van der Waals surface area contributed by atoms with Gasteiger partial charge in [-0.15, -0.1) is 0 Å². The molecule has 4 bridgehead atoms. The zero-order chi connectivity index (χ0) is 20.8. The fraction of sp³-hybridized carbons (Fsp3) is 0.591. The van der Waals surface area contributed by atoms with Crippen molar-refractivity contribution in [1.82, 2.24) is 5.32 Å². The number of halogens is 2. The Balaban J connectivity index is 1.61. The monoisotopic (exact) mass is 414 g/mol. The van der Waals surface area contributed by atoms with Crippen molar-refractivity contribution >= 4 is 17.4 Å². The Kier molecular flexibility index (Phi) is 4.95. The van der Waals surface area contributed by atoms with E-state index in [1.165, 1.54) is 12.1 Å². The van der Waals surface area contributed by atoms with Crippen LogP contribution in [-0.4, -0.2) is 17.5 Å². The molecule has 1 aromatic rings. The molecule has 0 radical (unpaired) electrons. The van der Waals surface area contributed by atoms with Crippen LogP contribution in [0.5, 0.6) is 5.75 Å². The second-order valence-corrected chi connectivity index (χ2v) is 9.69. The largest absolute Gasteiger partial charge is 0.477 e. The minimum atomic E-state index is -1.04. The Morgan fingerprint density at radius 3 is 2.55 bits per heavy atom. The molecule has 0 spiro atoms. The second kappa shape index (κ2) is 7.18. The molecule has 5 nitrogen and oxygen atoms in total. The molecule has 4 saturated carbocycles. The summed E-state index contributed by atoms with van der Waals surface area (Å²) in [7, 11) is 0. The summed E-state index contributed by atoms with van der Waals surface area (Å²) in [5, 5.41) is 22.0. The van der Waals surface area contributed by atoms with Crippen molar-refractivity contribution in [2.75, 3.05) is 0 Å². The third-order valence-corrected chi connectivity index (χ3v) is 6.98. The molecule has 0 aromatic heterocycles. The zero-order valence-electron chi connectivity index (χ0n) is 16.6. The molecule has 0 heterocycles. The molecule has 7 heteroatoms. The second-order valence-electron chi connectivity index (χ2n) is 9.25. The maximum atomic E-state index is 14.2. The highest BCUT2D eigenvalue weighted by molar-refractivity contribution is 6.30. The number of rotatable bonds is 4. The lowest BCUT2D eigenvalue weighted by Crippen LogP contribution is -2.54. The molecule has 0 aliphatic heterocycles. The Morgan fingerprint density at radius 2 is 1.97 bits per heavy atom. The van der Waals surface area contributed by atoms with Crippen molar-refractivity contribution < 1.29 is 9.13 Å². The van der Waals surface area contributed by atoms with Crippen LogP contribution >= 0.6 is 11.6 Å². The maximum Gasteiger partial charge on any atom is 0.182 e. The fourth-order valence-corrected chi connectivity index (χ4v) is 5.93. The van der Waals surface area contributed by atoms with E-state index in [2.05, 4.69) is 11.4 Å². The van der Waals surface area contributed by atoms with Crippen LogP contribution in [-0.2, 0) is 0 Å². The summed E-state index contributed by atoms with van der Waals surface area (Å²) in [5.41, 5.74) is -1.23. The Labute approximate surface area is 175 Å². The van der Waals surface area contributed by atoms with Crippen LogP contribution in [0.25, 0.3) is 0 Å². The van der Waals surface area contributed by atoms with Gasteiger partial charge in [0.05, 0.1) is 17.5 Å². The van der Waals surface area contributed by atoms with Gasteiger partial charge in [0.25, 0.3) is 0 Å². The SMILES string of the molecule is CC(C)(Oc1ccc(Cl)cc1F)C(=NC1C2CC3CC1CC(C#N)(C3)C2)NC#N. The van der Waals surface area contributed by atoms with Crippen molar-refractivity contribution in [2.24, 2.45) is 28.2 Å². The normalized spacial score (nSPS) is 33.1. The van der Waals surface area contributed by atoms with E-state index in [0.29, 0.717) is 23.6 Å². The minimum Gasteiger partial charge on any atom is -0.477 e. The molecule has 1 aromatic carbocycles. The van der Waals surface area contributed by atoms with Crippen molar-refractivity contribution in [2.45, 2.75) is 57.6 Å². The number of nitrogens with zero attached hydrogens (tertiary/aromatic N) is 3. The maximum absolute atomic E-state index is 14.2. The van der Waals surface area contributed by atoms with Crippen LogP contribution in [0.1, 0.15) is 46.0 Å². The van der Waals surface area contributed by atoms with Crippen LogP contribution in [0, 0.1) is 51.8 Å². The number of hydrogen-bond donors (Lipinski definition) is 1. The first kappa shape index (κ1) is 20.0. The number of aliphatic imine (C=N–C) groups is 1. The minimum absolute atomic E-state index is 0.0559.